The molecule has 16 rings (SSSR count). The van der Waals surface area contributed by atoms with Crippen LogP contribution in [0.4, 0.5) is 118 Å². The summed E-state index contributed by atoms with van der Waals surface area (Å²) in [5, 5.41) is 94.5. The van der Waals surface area contributed by atoms with E-state index in [0.29, 0.717) is 140 Å². The summed E-state index contributed by atoms with van der Waals surface area (Å²) in [6, 6.07) is 61.3. The molecule has 8 aromatic heterocycles. The van der Waals surface area contributed by atoms with Gasteiger partial charge in [-0.05, 0) is 204 Å². The van der Waals surface area contributed by atoms with Crippen LogP contribution in [0.15, 0.2) is 194 Å². The Labute approximate surface area is 802 Å². The van der Waals surface area contributed by atoms with Gasteiger partial charge in [-0.15, -0.1) is 45.9 Å². The molecule has 16 aromatic rings. The average Bonchev–Trinajstić information content (AvgIpc) is 1.69. The fourth-order valence-electron chi connectivity index (χ4n) is 10.8. The van der Waals surface area contributed by atoms with Crippen LogP contribution in [-0.4, -0.2) is 180 Å². The van der Waals surface area contributed by atoms with Crippen LogP contribution in [-0.2, 0) is 33.0 Å². The molecule has 40 nitrogen and oxygen atoms in total. The van der Waals surface area contributed by atoms with Gasteiger partial charge < -0.3 is 85.5 Å². The van der Waals surface area contributed by atoms with Crippen LogP contribution >= 0.6 is 92.8 Å². The molecule has 8 heterocycles. The molecule has 0 bridgehead atoms. The lowest BCUT2D eigenvalue weighted by Gasteiger charge is -2.11. The van der Waals surface area contributed by atoms with Crippen molar-refractivity contribution in [3.05, 3.63) is 257 Å². The minimum Gasteiger partial charge on any atom is -0.368 e. The van der Waals surface area contributed by atoms with Crippen LogP contribution in [0.25, 0.3) is 0 Å². The number of hydrogen-bond acceptors (Lipinski definition) is 32. The molecule has 132 heavy (non-hydrogen) atoms. The van der Waals surface area contributed by atoms with Crippen molar-refractivity contribution < 1.29 is 0 Å². The maximum atomic E-state index is 5.93. The number of anilines is 20. The number of aromatic amines is 7. The highest BCUT2D eigenvalue weighted by Gasteiger charge is 2.13. The van der Waals surface area contributed by atoms with Crippen molar-refractivity contribution in [1.29, 1.82) is 0 Å². The van der Waals surface area contributed by atoms with E-state index < -0.39 is 0 Å². The van der Waals surface area contributed by atoms with Crippen molar-refractivity contribution in [2.45, 2.75) is 85.6 Å². The average molecular weight is 1960 g/mol. The highest BCUT2D eigenvalue weighted by atomic mass is 35.5. The standard InChI is InChI=1S/C13H18ClN5.C12H16ClN5.2C11H14ClN5.2C10H12ClN5.C9H10ClN5.C8H8ClN5/c1-9(2)16-13-17-12(18-19-13)15-7-6-10-4-3-5-11(14)8-10;1-8(2)15-12-16-11(17-18-12)14-7-9-4-3-5-10(13)6-9;1-16(2)11-15-14-10(17(11)3)13-9-6-4-8(12)5-7-9;1-7(2)13-10-15-11(17-16-10)14-9-5-3-4-8(12)6-9;1-16(2)10-13-9(14-15-10)12-8-5-3-4-7(11)6-8;11-8-3-1-2-7(6-8)4-5-13-10-14-9(12)15-16-10;10-7-3-1-2-6(4-7)5-12-9-13-8(11)14-15-9;9-5-2-1-3-6(4-5)11-8-12-7(10)13-14-8/h3-5,8-9H,6-7H2,1-2H3,(H3,15,16,17,18,19);3-6,8H,7H2,1-2H3,(H3,14,15,16,17,18);4-7H,1-3H3,(H,13,14);3-7H,1-2H3,(H3,13,14,15,16,17);3-6H,1-2H3,(H2,12,13,14,15);1-3,6H,4-5H2,(H4,12,13,14,15,16);1-4H,5H2,(H4,11,12,13,14,15);1-4H,(H4,10,11,12,13,14). The predicted molar refractivity (Wildman–Crippen MR) is 538 cm³/mol. The quantitative estimate of drug-likeness (QED) is 0.0199. The summed E-state index contributed by atoms with van der Waals surface area (Å²) in [6.45, 7) is 15.0. The van der Waals surface area contributed by atoms with Gasteiger partial charge in [-0.1, -0.05) is 160 Å². The Balaban J connectivity index is 0.000000170. The van der Waals surface area contributed by atoms with Crippen LogP contribution in [0.5, 0.6) is 0 Å². The first-order valence-electron chi connectivity index (χ1n) is 40.6. The van der Waals surface area contributed by atoms with E-state index >= 15 is 0 Å². The summed E-state index contributed by atoms with van der Waals surface area (Å²) < 4.78 is 1.88. The molecule has 24 N–H and O–H groups in total. The molecule has 0 radical (unpaired) electrons. The first kappa shape index (κ1) is 102. The third-order valence-corrected chi connectivity index (χ3v) is 18.5. The molecule has 0 atom stereocenters. The largest absolute Gasteiger partial charge is 0.368 e. The van der Waals surface area contributed by atoms with Gasteiger partial charge in [0.1, 0.15) is 0 Å². The minimum atomic E-state index is 0.273. The molecule has 0 fully saturated rings. The van der Waals surface area contributed by atoms with Gasteiger partial charge >= 0.3 is 0 Å². The Morgan fingerprint density at radius 1 is 0.318 bits per heavy atom. The van der Waals surface area contributed by atoms with Gasteiger partial charge in [0.25, 0.3) is 0 Å². The van der Waals surface area contributed by atoms with Gasteiger partial charge in [0.05, 0.1) is 0 Å². The van der Waals surface area contributed by atoms with E-state index in [-0.39, 0.29) is 5.95 Å². The van der Waals surface area contributed by atoms with E-state index in [1.54, 1.807) is 12.1 Å². The lowest BCUT2D eigenvalue weighted by Crippen LogP contribution is -2.14. The van der Waals surface area contributed by atoms with E-state index in [0.717, 1.165) is 80.8 Å². The third kappa shape index (κ3) is 38.4. The lowest BCUT2D eigenvalue weighted by atomic mass is 10.1. The number of nitrogens with zero attached hydrogens (tertiary/aromatic N) is 19. The number of H-pyrrole nitrogens is 7. The number of rotatable bonds is 30. The molecule has 0 spiro atoms. The molecule has 696 valence electrons. The number of nitrogens with one attached hydrogen (secondary N) is 18. The smallest absolute Gasteiger partial charge is 0.248 e. The normalized spacial score (nSPS) is 10.4. The molecule has 48 heteroatoms. The van der Waals surface area contributed by atoms with Crippen molar-refractivity contribution in [3.63, 3.8) is 0 Å². The number of aromatic nitrogens is 24. The molecule has 0 saturated heterocycles. The number of benzene rings is 8. The Kier molecular flexibility index (Phi) is 41.0. The zero-order valence-corrected chi connectivity index (χ0v) is 79.8. The molecular formula is C84H104Cl8N40. The van der Waals surface area contributed by atoms with Gasteiger partial charge in [-0.2, -0.15) is 34.9 Å². The van der Waals surface area contributed by atoms with Crippen molar-refractivity contribution >= 4 is 211 Å². The lowest BCUT2D eigenvalue weighted by molar-refractivity contribution is 0.873. The molecule has 0 aliphatic heterocycles. The summed E-state index contributed by atoms with van der Waals surface area (Å²) in [5.74, 6) is 8.66. The molecular weight excluding hydrogens is 1850 g/mol. The van der Waals surface area contributed by atoms with Gasteiger partial charge in [-0.3, -0.25) is 4.57 Å². The van der Waals surface area contributed by atoms with Crippen LogP contribution < -0.4 is 85.5 Å². The van der Waals surface area contributed by atoms with E-state index in [1.807, 2.05) is 253 Å². The molecule has 0 saturated carbocycles. The summed E-state index contributed by atoms with van der Waals surface area (Å²) in [4.78, 5) is 32.5. The number of hydrogen-bond donors (Lipinski definition) is 21. The highest BCUT2D eigenvalue weighted by Crippen LogP contribution is 2.25. The van der Waals surface area contributed by atoms with E-state index in [2.05, 4.69) is 195 Å². The topological polar surface area (TPSA) is 539 Å². The second kappa shape index (κ2) is 53.2. The second-order valence-electron chi connectivity index (χ2n) is 29.3. The maximum absolute atomic E-state index is 5.93. The van der Waals surface area contributed by atoms with Gasteiger partial charge in [0.15, 0.2) is 0 Å². The first-order valence-corrected chi connectivity index (χ1v) is 43.7. The van der Waals surface area contributed by atoms with E-state index in [4.69, 9.17) is 110 Å². The Morgan fingerprint density at radius 2 is 0.667 bits per heavy atom. The number of nitrogen functional groups attached to an aromatic ring is 3. The summed E-state index contributed by atoms with van der Waals surface area (Å²) >= 11 is 47.0. The molecule has 0 aliphatic carbocycles. The zero-order chi connectivity index (χ0) is 94.9. The third-order valence-electron chi connectivity index (χ3n) is 16.6. The van der Waals surface area contributed by atoms with Crippen LogP contribution in [0.2, 0.25) is 40.2 Å². The fourth-order valence-corrected chi connectivity index (χ4v) is 12.4. The SMILES string of the molecule is CC(C)Nc1n[nH]c(Nc2cccc(Cl)c2)n1.CC(C)Nc1nc(NCCc2cccc(Cl)c2)n[nH]1.CC(C)Nc1nc(NCc2cccc(Cl)c2)n[nH]1.CN(C)c1n[nH]c(Nc2cccc(Cl)c2)n1.CN(C)c1nnc(Nc2ccc(Cl)cc2)n1C.Nc1nc(NCCc2cccc(Cl)c2)n[nH]1.Nc1nc(NCc2cccc(Cl)c2)n[nH]1.Nc1nc(Nc2cccc(Cl)c2)n[nH]1. The van der Waals surface area contributed by atoms with Gasteiger partial charge in [0.2, 0.25) is 95.2 Å². The predicted octanol–water partition coefficient (Wildman–Crippen LogP) is 18.5. The monoisotopic (exact) mass is 1950 g/mol. The molecule has 0 aliphatic rings. The summed E-state index contributed by atoms with van der Waals surface area (Å²) in [7, 11) is 9.53. The van der Waals surface area contributed by atoms with Crippen LogP contribution in [0, 0.1) is 0 Å². The van der Waals surface area contributed by atoms with Gasteiger partial charge in [0, 0.05) is 142 Å². The van der Waals surface area contributed by atoms with Crippen molar-refractivity contribution in [3.8, 4) is 0 Å². The number of nitrogens with two attached hydrogens (primary N) is 3. The Morgan fingerprint density at radius 3 is 1.06 bits per heavy atom. The Hall–Kier alpha value is -14.0. The van der Waals surface area contributed by atoms with Gasteiger partial charge in [-0.25, -0.2) is 35.7 Å². The van der Waals surface area contributed by atoms with Crippen LogP contribution in [0.3, 0.4) is 0 Å². The highest BCUT2D eigenvalue weighted by molar-refractivity contribution is 6.33. The molecule has 8 aromatic carbocycles. The first-order chi connectivity index (χ1) is 63.3. The van der Waals surface area contributed by atoms with Crippen molar-refractivity contribution in [1.82, 2.24) is 121 Å². The second-order valence-corrected chi connectivity index (χ2v) is 32.8. The summed E-state index contributed by atoms with van der Waals surface area (Å²) in [5.41, 5.74) is 24.1. The maximum Gasteiger partial charge on any atom is 0.248 e. The van der Waals surface area contributed by atoms with E-state index in [1.165, 1.54) is 11.1 Å². The Bertz CT molecular complexity index is 6040. The summed E-state index contributed by atoms with van der Waals surface area (Å²) in [6.07, 6.45) is 1.73. The molecule has 0 unspecified atom stereocenters. The number of halogens is 8. The molecule has 0 amide bonds. The van der Waals surface area contributed by atoms with Crippen molar-refractivity contribution in [2.24, 2.45) is 7.05 Å². The fraction of sp³-hybridized carbons (Fsp3) is 0.238. The minimum absolute atomic E-state index is 0.273. The van der Waals surface area contributed by atoms with E-state index in [9.17, 15) is 0 Å². The van der Waals surface area contributed by atoms with Crippen molar-refractivity contribution in [2.75, 3.05) is 127 Å². The zero-order valence-electron chi connectivity index (χ0n) is 73.7. The van der Waals surface area contributed by atoms with Crippen LogP contribution in [0.1, 0.15) is 63.8 Å².